The molecular weight excluding hydrogens is 308 g/mol. The SMILES string of the molecule is C[Si](C)(C)CCO[C@@H]1OC(CO)[C@@H](N=[N+]=[N-])C(O)[C@H]1N=[N+]=[N-]. The third-order valence-electron chi connectivity index (χ3n) is 3.35. The lowest BCUT2D eigenvalue weighted by Crippen LogP contribution is -2.57. The van der Waals surface area contributed by atoms with Gasteiger partial charge >= 0.3 is 0 Å². The lowest BCUT2D eigenvalue weighted by Gasteiger charge is -2.40. The molecule has 1 heterocycles. The summed E-state index contributed by atoms with van der Waals surface area (Å²) in [5.74, 6) is 0. The van der Waals surface area contributed by atoms with Crippen molar-refractivity contribution in [1.82, 2.24) is 0 Å². The summed E-state index contributed by atoms with van der Waals surface area (Å²) < 4.78 is 11.1. The van der Waals surface area contributed by atoms with Crippen LogP contribution in [-0.4, -0.2) is 62.1 Å². The normalized spacial score (nSPS) is 32.0. The second kappa shape index (κ2) is 8.35. The first-order valence-corrected chi connectivity index (χ1v) is 10.7. The van der Waals surface area contributed by atoms with Gasteiger partial charge in [0.25, 0.3) is 0 Å². The number of nitrogens with zero attached hydrogens (tertiary/aromatic N) is 6. The zero-order valence-corrected chi connectivity index (χ0v) is 13.9. The van der Waals surface area contributed by atoms with Crippen molar-refractivity contribution < 1.29 is 19.7 Å². The van der Waals surface area contributed by atoms with Gasteiger partial charge in [-0.25, -0.2) is 0 Å². The monoisotopic (exact) mass is 330 g/mol. The van der Waals surface area contributed by atoms with Crippen molar-refractivity contribution in [1.29, 1.82) is 0 Å². The van der Waals surface area contributed by atoms with E-state index in [9.17, 15) is 10.2 Å². The maximum Gasteiger partial charge on any atom is 0.169 e. The minimum Gasteiger partial charge on any atom is -0.394 e. The van der Waals surface area contributed by atoms with Gasteiger partial charge in [0.2, 0.25) is 0 Å². The highest BCUT2D eigenvalue weighted by Crippen LogP contribution is 2.27. The molecule has 0 spiro atoms. The van der Waals surface area contributed by atoms with Crippen molar-refractivity contribution >= 4 is 8.07 Å². The van der Waals surface area contributed by atoms with E-state index in [4.69, 9.17) is 20.5 Å². The summed E-state index contributed by atoms with van der Waals surface area (Å²) in [7, 11) is -1.31. The Morgan fingerprint density at radius 1 is 1.18 bits per heavy atom. The van der Waals surface area contributed by atoms with Gasteiger partial charge in [-0.2, -0.15) is 0 Å². The largest absolute Gasteiger partial charge is 0.394 e. The average Bonchev–Trinajstić information content (AvgIpc) is 2.44. The van der Waals surface area contributed by atoms with Crippen molar-refractivity contribution in [2.45, 2.75) is 56.3 Å². The van der Waals surface area contributed by atoms with Crippen LogP contribution in [0.2, 0.25) is 25.7 Å². The van der Waals surface area contributed by atoms with Crippen LogP contribution in [0.4, 0.5) is 0 Å². The number of aliphatic hydroxyl groups is 2. The predicted octanol–water partition coefficient (Wildman–Crippen LogP) is 1.78. The van der Waals surface area contributed by atoms with Crippen molar-refractivity contribution in [3.05, 3.63) is 20.9 Å². The topological polar surface area (TPSA) is 156 Å². The third-order valence-corrected chi connectivity index (χ3v) is 5.06. The molecule has 0 amide bonds. The van der Waals surface area contributed by atoms with Crippen LogP contribution in [0, 0.1) is 0 Å². The fraction of sp³-hybridized carbons (Fsp3) is 1.00. The van der Waals surface area contributed by atoms with Crippen LogP contribution >= 0.6 is 0 Å². The Hall–Kier alpha value is -1.32. The van der Waals surface area contributed by atoms with Crippen LogP contribution < -0.4 is 0 Å². The van der Waals surface area contributed by atoms with E-state index in [1.165, 1.54) is 0 Å². The molecule has 1 rings (SSSR count). The summed E-state index contributed by atoms with van der Waals surface area (Å²) in [6.45, 7) is 6.51. The van der Waals surface area contributed by atoms with Crippen molar-refractivity contribution in [3.63, 3.8) is 0 Å². The minimum atomic E-state index is -1.31. The summed E-state index contributed by atoms with van der Waals surface area (Å²) in [5, 5.41) is 26.5. The molecule has 0 aromatic heterocycles. The van der Waals surface area contributed by atoms with Gasteiger partial charge in [0.05, 0.1) is 24.9 Å². The standard InChI is InChI=1S/C11H22N6O4Si/c1-22(2,3)5-4-20-11-9(15-17-13)10(19)8(14-16-12)7(6-18)21-11/h7-11,18-19H,4-6H2,1-3H3/t7?,8-,9-,10?,11-/m1/s1. The van der Waals surface area contributed by atoms with E-state index >= 15 is 0 Å². The maximum absolute atomic E-state index is 10.2. The first kappa shape index (κ1) is 18.7. The summed E-state index contributed by atoms with van der Waals surface area (Å²) in [6.07, 6.45) is -3.17. The molecule has 1 fully saturated rings. The molecule has 1 saturated heterocycles. The van der Waals surface area contributed by atoms with Crippen LogP contribution in [0.15, 0.2) is 10.2 Å². The van der Waals surface area contributed by atoms with Gasteiger partial charge in [0, 0.05) is 24.5 Å². The Labute approximate surface area is 129 Å². The van der Waals surface area contributed by atoms with Crippen LogP contribution in [0.1, 0.15) is 0 Å². The molecule has 10 nitrogen and oxygen atoms in total. The molecular formula is C11H22N6O4Si. The molecule has 0 aliphatic carbocycles. The summed E-state index contributed by atoms with van der Waals surface area (Å²) in [5.41, 5.74) is 17.2. The zero-order valence-electron chi connectivity index (χ0n) is 12.9. The van der Waals surface area contributed by atoms with E-state index in [0.717, 1.165) is 6.04 Å². The van der Waals surface area contributed by atoms with Crippen LogP contribution in [0.5, 0.6) is 0 Å². The van der Waals surface area contributed by atoms with Gasteiger partial charge in [-0.1, -0.05) is 29.9 Å². The number of hydrogen-bond donors (Lipinski definition) is 2. The number of rotatable bonds is 7. The highest BCUT2D eigenvalue weighted by molar-refractivity contribution is 6.76. The van der Waals surface area contributed by atoms with Crippen molar-refractivity contribution in [2.75, 3.05) is 13.2 Å². The Bertz CT molecular complexity index is 460. The summed E-state index contributed by atoms with van der Waals surface area (Å²) >= 11 is 0. The molecule has 2 N–H and O–H groups in total. The molecule has 1 aliphatic rings. The van der Waals surface area contributed by atoms with Gasteiger partial charge in [-0.15, -0.1) is 0 Å². The second-order valence-corrected chi connectivity index (χ2v) is 11.9. The molecule has 5 atom stereocenters. The number of aliphatic hydroxyl groups excluding tert-OH is 2. The highest BCUT2D eigenvalue weighted by atomic mass is 28.3. The molecule has 22 heavy (non-hydrogen) atoms. The minimum absolute atomic E-state index is 0.398. The molecule has 0 aromatic carbocycles. The molecule has 0 saturated carbocycles. The second-order valence-electron chi connectivity index (χ2n) is 6.29. The van der Waals surface area contributed by atoms with Crippen molar-refractivity contribution in [3.8, 4) is 0 Å². The summed E-state index contributed by atoms with van der Waals surface area (Å²) in [4.78, 5) is 5.30. The maximum atomic E-state index is 10.2. The Kier molecular flexibility index (Phi) is 7.10. The third kappa shape index (κ3) is 5.15. The summed E-state index contributed by atoms with van der Waals surface area (Å²) in [6, 6.07) is -1.21. The Balaban J connectivity index is 2.85. The fourth-order valence-electron chi connectivity index (χ4n) is 2.07. The van der Waals surface area contributed by atoms with E-state index in [1.807, 2.05) is 0 Å². The van der Waals surface area contributed by atoms with Gasteiger partial charge in [-0.3, -0.25) is 0 Å². The average molecular weight is 330 g/mol. The van der Waals surface area contributed by atoms with Gasteiger partial charge in [-0.05, 0) is 17.1 Å². The molecule has 0 bridgehead atoms. The van der Waals surface area contributed by atoms with Crippen LogP contribution in [-0.2, 0) is 9.47 Å². The first-order chi connectivity index (χ1) is 10.3. The Morgan fingerprint density at radius 2 is 1.77 bits per heavy atom. The quantitative estimate of drug-likeness (QED) is 0.315. The molecule has 1 aliphatic heterocycles. The number of ether oxygens (including phenoxy) is 2. The predicted molar refractivity (Wildman–Crippen MR) is 81.7 cm³/mol. The van der Waals surface area contributed by atoms with E-state index in [1.54, 1.807) is 0 Å². The Morgan fingerprint density at radius 3 is 2.27 bits per heavy atom. The van der Waals surface area contributed by atoms with E-state index in [-0.39, 0.29) is 0 Å². The first-order valence-electron chi connectivity index (χ1n) is 6.98. The lowest BCUT2D eigenvalue weighted by atomic mass is 9.96. The van der Waals surface area contributed by atoms with Gasteiger partial charge in [0.15, 0.2) is 6.29 Å². The smallest absolute Gasteiger partial charge is 0.169 e. The molecule has 0 radical (unpaired) electrons. The van der Waals surface area contributed by atoms with E-state index < -0.39 is 45.3 Å². The zero-order chi connectivity index (χ0) is 16.8. The van der Waals surface area contributed by atoms with Crippen LogP contribution in [0.3, 0.4) is 0 Å². The molecule has 2 unspecified atom stereocenters. The van der Waals surface area contributed by atoms with Crippen molar-refractivity contribution in [2.24, 2.45) is 10.2 Å². The number of azide groups is 2. The molecule has 0 aromatic rings. The lowest BCUT2D eigenvalue weighted by molar-refractivity contribution is -0.235. The highest BCUT2D eigenvalue weighted by Gasteiger charge is 2.45. The fourth-order valence-corrected chi connectivity index (χ4v) is 2.80. The van der Waals surface area contributed by atoms with Gasteiger partial charge in [0.1, 0.15) is 6.04 Å². The molecule has 124 valence electrons. The van der Waals surface area contributed by atoms with Gasteiger partial charge < -0.3 is 19.7 Å². The molecule has 11 heteroatoms. The van der Waals surface area contributed by atoms with E-state index in [0.29, 0.717) is 6.61 Å². The van der Waals surface area contributed by atoms with Crippen LogP contribution in [0.25, 0.3) is 20.9 Å². The number of hydrogen-bond acceptors (Lipinski definition) is 6. The van der Waals surface area contributed by atoms with E-state index in [2.05, 4.69) is 39.7 Å².